The maximum atomic E-state index is 11.2. The number of hydrogen-bond donors (Lipinski definition) is 1. The van der Waals surface area contributed by atoms with Crippen molar-refractivity contribution in [3.8, 4) is 0 Å². The monoisotopic (exact) mass is 277 g/mol. The largest absolute Gasteiger partial charge is 0.457 e. The topological polar surface area (TPSA) is 64.6 Å². The predicted molar refractivity (Wildman–Crippen MR) is 72.8 cm³/mol. The third-order valence-electron chi connectivity index (χ3n) is 1.67. The highest BCUT2D eigenvalue weighted by Crippen LogP contribution is 2.06. The van der Waals surface area contributed by atoms with Crippen molar-refractivity contribution in [3.05, 3.63) is 0 Å². The molecule has 1 N–H and O–H groups in total. The minimum absolute atomic E-state index is 0.305. The number of alkyl carbamates (subject to hydrolysis) is 1. The predicted octanol–water partition coefficient (Wildman–Crippen LogP) is 2.89. The number of carbonyl (C=O) groups excluding carboxylic acids is 2. The summed E-state index contributed by atoms with van der Waals surface area (Å²) in [5.74, 6) is 1.13. The first-order valence-electron chi connectivity index (χ1n) is 6.12. The Morgan fingerprint density at radius 2 is 1.61 bits per heavy atom. The molecule has 0 bridgehead atoms. The molecule has 0 saturated heterocycles. The minimum atomic E-state index is -0.445. The number of carbonyl (C=O) groups is 2. The normalized spacial score (nSPS) is 10.6. The molecule has 0 aromatic carbocycles. The van der Waals surface area contributed by atoms with Gasteiger partial charge in [0.25, 0.3) is 0 Å². The van der Waals surface area contributed by atoms with E-state index in [1.807, 2.05) is 27.7 Å². The van der Waals surface area contributed by atoms with Gasteiger partial charge in [0.1, 0.15) is 0 Å². The Labute approximate surface area is 113 Å². The lowest BCUT2D eigenvalue weighted by Gasteiger charge is -2.09. The van der Waals surface area contributed by atoms with E-state index >= 15 is 0 Å². The van der Waals surface area contributed by atoms with E-state index in [1.54, 1.807) is 0 Å². The molecule has 0 unspecified atom stereocenters. The first kappa shape index (κ1) is 17.1. The maximum Gasteiger partial charge on any atom is 0.407 e. The van der Waals surface area contributed by atoms with E-state index in [1.165, 1.54) is 0 Å². The molecule has 18 heavy (non-hydrogen) atoms. The molecule has 0 aromatic rings. The molecule has 0 atom stereocenters. The van der Waals surface area contributed by atoms with Gasteiger partial charge in [0.05, 0.1) is 13.2 Å². The first-order valence-corrected chi connectivity index (χ1v) is 7.10. The Morgan fingerprint density at radius 3 is 2.17 bits per heavy atom. The molecule has 1 amide bonds. The zero-order valence-electron chi connectivity index (χ0n) is 11.5. The summed E-state index contributed by atoms with van der Waals surface area (Å²) in [5, 5.41) is 2.26. The van der Waals surface area contributed by atoms with Crippen molar-refractivity contribution in [2.75, 3.05) is 25.5 Å². The van der Waals surface area contributed by atoms with Crippen LogP contribution in [0.4, 0.5) is 9.59 Å². The number of rotatable bonds is 7. The lowest BCUT2D eigenvalue weighted by Crippen LogP contribution is -2.28. The van der Waals surface area contributed by atoms with Crippen molar-refractivity contribution in [2.24, 2.45) is 11.8 Å². The summed E-state index contributed by atoms with van der Waals surface area (Å²) in [6.07, 6.45) is -0.445. The molecule has 0 aliphatic carbocycles. The van der Waals surface area contributed by atoms with E-state index in [2.05, 4.69) is 5.32 Å². The van der Waals surface area contributed by atoms with E-state index in [4.69, 9.17) is 9.47 Å². The number of nitrogens with one attached hydrogen (secondary N) is 1. The fourth-order valence-electron chi connectivity index (χ4n) is 0.857. The number of hydrogen-bond acceptors (Lipinski definition) is 5. The van der Waals surface area contributed by atoms with E-state index in [0.29, 0.717) is 37.3 Å². The van der Waals surface area contributed by atoms with Gasteiger partial charge in [-0.05, 0) is 23.6 Å². The summed E-state index contributed by atoms with van der Waals surface area (Å²) < 4.78 is 9.88. The highest BCUT2D eigenvalue weighted by Gasteiger charge is 2.06. The van der Waals surface area contributed by atoms with Crippen molar-refractivity contribution >= 4 is 23.2 Å². The number of amides is 1. The SMILES string of the molecule is CC(C)COC(=O)NCCSC(=O)OCC(C)C. The lowest BCUT2D eigenvalue weighted by atomic mass is 10.2. The molecule has 0 rings (SSSR count). The van der Waals surface area contributed by atoms with Crippen molar-refractivity contribution in [3.63, 3.8) is 0 Å². The average molecular weight is 277 g/mol. The van der Waals surface area contributed by atoms with Gasteiger partial charge in [-0.3, -0.25) is 0 Å². The third-order valence-corrected chi connectivity index (χ3v) is 2.44. The summed E-state index contributed by atoms with van der Waals surface area (Å²) in [6, 6.07) is 0. The van der Waals surface area contributed by atoms with Gasteiger partial charge in [0.15, 0.2) is 0 Å². The average Bonchev–Trinajstić information content (AvgIpc) is 2.29. The number of thioether (sulfide) groups is 1. The van der Waals surface area contributed by atoms with E-state index < -0.39 is 6.09 Å². The molecule has 0 saturated carbocycles. The molecule has 0 aromatic heterocycles. The Morgan fingerprint density at radius 1 is 1.06 bits per heavy atom. The van der Waals surface area contributed by atoms with Crippen LogP contribution in [-0.2, 0) is 9.47 Å². The van der Waals surface area contributed by atoms with Gasteiger partial charge >= 0.3 is 11.4 Å². The Kier molecular flexibility index (Phi) is 9.55. The van der Waals surface area contributed by atoms with Crippen LogP contribution in [0.2, 0.25) is 0 Å². The van der Waals surface area contributed by atoms with Gasteiger partial charge < -0.3 is 14.8 Å². The molecular weight excluding hydrogens is 254 g/mol. The van der Waals surface area contributed by atoms with Gasteiger partial charge in [-0.15, -0.1) is 0 Å². The second-order valence-corrected chi connectivity index (χ2v) is 5.75. The van der Waals surface area contributed by atoms with Crippen molar-refractivity contribution in [1.82, 2.24) is 5.32 Å². The zero-order chi connectivity index (χ0) is 14.0. The van der Waals surface area contributed by atoms with Crippen molar-refractivity contribution < 1.29 is 19.1 Å². The fourth-order valence-corrected chi connectivity index (χ4v) is 1.38. The molecule has 0 fully saturated rings. The third kappa shape index (κ3) is 11.6. The van der Waals surface area contributed by atoms with Crippen LogP contribution in [0.3, 0.4) is 0 Å². The molecule has 6 heteroatoms. The minimum Gasteiger partial charge on any atom is -0.457 e. The zero-order valence-corrected chi connectivity index (χ0v) is 12.3. The summed E-state index contributed by atoms with van der Waals surface area (Å²) in [6.45, 7) is 9.10. The molecule has 0 aliphatic rings. The van der Waals surface area contributed by atoms with Crippen LogP contribution < -0.4 is 5.32 Å². The Balaban J connectivity index is 3.44. The molecule has 0 heterocycles. The summed E-state index contributed by atoms with van der Waals surface area (Å²) in [4.78, 5) is 22.4. The quantitative estimate of drug-likeness (QED) is 0.572. The van der Waals surface area contributed by atoms with Gasteiger partial charge in [-0.1, -0.05) is 27.7 Å². The van der Waals surface area contributed by atoms with Crippen LogP contribution >= 0.6 is 11.8 Å². The van der Waals surface area contributed by atoms with E-state index in [0.717, 1.165) is 11.8 Å². The Bertz CT molecular complexity index is 230. The fraction of sp³-hybridized carbons (Fsp3) is 0.833. The molecule has 106 valence electrons. The molecule has 0 aliphatic heterocycles. The highest BCUT2D eigenvalue weighted by atomic mass is 32.2. The van der Waals surface area contributed by atoms with Crippen LogP contribution in [0, 0.1) is 11.8 Å². The van der Waals surface area contributed by atoms with Crippen molar-refractivity contribution in [2.45, 2.75) is 27.7 Å². The molecule has 0 radical (unpaired) electrons. The van der Waals surface area contributed by atoms with Gasteiger partial charge in [-0.25, -0.2) is 9.59 Å². The van der Waals surface area contributed by atoms with Crippen LogP contribution in [0.5, 0.6) is 0 Å². The maximum absolute atomic E-state index is 11.2. The van der Waals surface area contributed by atoms with Crippen LogP contribution in [-0.4, -0.2) is 36.9 Å². The van der Waals surface area contributed by atoms with Gasteiger partial charge in [0, 0.05) is 12.3 Å². The summed E-state index contributed by atoms with van der Waals surface area (Å²) >= 11 is 1.05. The number of ether oxygens (including phenoxy) is 2. The van der Waals surface area contributed by atoms with Crippen molar-refractivity contribution in [1.29, 1.82) is 0 Å². The van der Waals surface area contributed by atoms with Gasteiger partial charge in [0.2, 0.25) is 0 Å². The highest BCUT2D eigenvalue weighted by molar-refractivity contribution is 8.13. The second kappa shape index (κ2) is 10.1. The van der Waals surface area contributed by atoms with E-state index in [-0.39, 0.29) is 5.30 Å². The summed E-state index contributed by atoms with van der Waals surface area (Å²) in [7, 11) is 0. The second-order valence-electron chi connectivity index (χ2n) is 4.72. The summed E-state index contributed by atoms with van der Waals surface area (Å²) in [5.41, 5.74) is 0. The first-order chi connectivity index (χ1) is 8.41. The van der Waals surface area contributed by atoms with Crippen LogP contribution in [0.1, 0.15) is 27.7 Å². The standard InChI is InChI=1S/C12H23NO4S/c1-9(2)7-16-11(14)13-5-6-18-12(15)17-8-10(3)4/h9-10H,5-8H2,1-4H3,(H,13,14). The molecule has 0 spiro atoms. The van der Waals surface area contributed by atoms with Gasteiger partial charge in [-0.2, -0.15) is 0 Å². The van der Waals surface area contributed by atoms with Crippen LogP contribution in [0.15, 0.2) is 0 Å². The van der Waals surface area contributed by atoms with Crippen LogP contribution in [0.25, 0.3) is 0 Å². The molecule has 5 nitrogen and oxygen atoms in total. The van der Waals surface area contributed by atoms with E-state index in [9.17, 15) is 9.59 Å². The molecular formula is C12H23NO4S. The lowest BCUT2D eigenvalue weighted by molar-refractivity contribution is 0.133. The Hall–Kier alpha value is -0.910. The smallest absolute Gasteiger partial charge is 0.407 e.